The van der Waals surface area contributed by atoms with Crippen molar-refractivity contribution in [2.45, 2.75) is 5.75 Å². The first-order valence-electron chi connectivity index (χ1n) is 9.69. The van der Waals surface area contributed by atoms with Gasteiger partial charge in [-0.05, 0) is 37.4 Å². The summed E-state index contributed by atoms with van der Waals surface area (Å²) in [4.78, 5) is 13.7. The van der Waals surface area contributed by atoms with Gasteiger partial charge in [-0.15, -0.1) is 0 Å². The summed E-state index contributed by atoms with van der Waals surface area (Å²) in [5, 5.41) is 1.56. The van der Waals surface area contributed by atoms with Crippen LogP contribution in [0.25, 0.3) is 6.08 Å². The predicted molar refractivity (Wildman–Crippen MR) is 124 cm³/mol. The van der Waals surface area contributed by atoms with Gasteiger partial charge in [0, 0.05) is 23.8 Å². The molecule has 0 aromatic heterocycles. The van der Waals surface area contributed by atoms with Gasteiger partial charge in [0.05, 0.1) is 40.5 Å². The van der Waals surface area contributed by atoms with E-state index in [9.17, 15) is 9.35 Å². The second-order valence-corrected chi connectivity index (χ2v) is 8.29. The van der Waals surface area contributed by atoms with E-state index in [4.69, 9.17) is 23.7 Å². The van der Waals surface area contributed by atoms with Crippen LogP contribution in [0, 0.1) is 0 Å². The summed E-state index contributed by atoms with van der Waals surface area (Å²) in [5.41, 5.74) is 1.38. The van der Waals surface area contributed by atoms with Gasteiger partial charge in [-0.3, -0.25) is 9.69 Å². The van der Waals surface area contributed by atoms with Crippen LogP contribution in [0.2, 0.25) is 0 Å². The van der Waals surface area contributed by atoms with Crippen LogP contribution in [0.4, 0.5) is 0 Å². The zero-order valence-electron chi connectivity index (χ0n) is 19.2. The summed E-state index contributed by atoms with van der Waals surface area (Å²) in [7, 11) is 9.68. The van der Waals surface area contributed by atoms with Crippen LogP contribution < -0.4 is 23.7 Å². The van der Waals surface area contributed by atoms with Gasteiger partial charge in [0.25, 0.3) is 0 Å². The summed E-state index contributed by atoms with van der Waals surface area (Å²) < 4.78 is 39.5. The smallest absolute Gasteiger partial charge is 0.325 e. The third-order valence-corrected chi connectivity index (χ3v) is 5.40. The molecule has 0 N–H and O–H groups in total. The van der Waals surface area contributed by atoms with E-state index in [0.717, 1.165) is 5.56 Å². The number of carbonyl (C=O) groups excluding carboxylic acids is 1. The normalized spacial score (nSPS) is 12.0. The van der Waals surface area contributed by atoms with E-state index in [-0.39, 0.29) is 18.0 Å². The van der Waals surface area contributed by atoms with Crippen LogP contribution in [0.15, 0.2) is 35.7 Å². The van der Waals surface area contributed by atoms with E-state index in [1.807, 2.05) is 0 Å². The van der Waals surface area contributed by atoms with Crippen molar-refractivity contribution < 1.29 is 33.0 Å². The number of benzene rings is 2. The van der Waals surface area contributed by atoms with Gasteiger partial charge in [-0.2, -0.15) is 0 Å². The first-order valence-corrected chi connectivity index (χ1v) is 11.1. The molecular weight excluding hydrogens is 434 g/mol. The molecular formula is C23H29NO7S. The van der Waals surface area contributed by atoms with Crippen molar-refractivity contribution >= 4 is 23.2 Å². The lowest BCUT2D eigenvalue weighted by atomic mass is 10.1. The molecule has 0 saturated carbocycles. The van der Waals surface area contributed by atoms with E-state index < -0.39 is 17.1 Å². The Morgan fingerprint density at radius 1 is 0.938 bits per heavy atom. The molecule has 32 heavy (non-hydrogen) atoms. The third-order valence-electron chi connectivity index (χ3n) is 4.35. The van der Waals surface area contributed by atoms with E-state index in [0.29, 0.717) is 28.6 Å². The minimum Gasteiger partial charge on any atom is -0.612 e. The van der Waals surface area contributed by atoms with Gasteiger partial charge in [-0.25, -0.2) is 0 Å². The van der Waals surface area contributed by atoms with Crippen LogP contribution in [-0.4, -0.2) is 64.5 Å². The second-order valence-electron chi connectivity index (χ2n) is 6.97. The molecule has 0 aliphatic rings. The highest BCUT2D eigenvalue weighted by molar-refractivity contribution is 7.93. The highest BCUT2D eigenvalue weighted by Gasteiger charge is 2.15. The maximum absolute atomic E-state index is 12.7. The van der Waals surface area contributed by atoms with Gasteiger partial charge in [0.2, 0.25) is 0 Å². The summed E-state index contributed by atoms with van der Waals surface area (Å²) in [5.74, 6) is 2.19. The fourth-order valence-electron chi connectivity index (χ4n) is 2.86. The molecule has 0 aliphatic heterocycles. The number of likely N-dealkylation sites (N-methyl/N-ethyl adjacent to an activating group) is 1. The quantitative estimate of drug-likeness (QED) is 0.285. The standard InChI is InChI=1S/C23H29NO7S/c1-24(2)14-23(25)31-22-11-16(7-8-19(22)28-4)15-32(26)10-9-18-20(29-5)12-17(27-3)13-21(18)30-6/h7-13H,14-15H2,1-6H3/b10-9+. The number of esters is 1. The molecule has 0 bridgehead atoms. The van der Waals surface area contributed by atoms with E-state index >= 15 is 0 Å². The molecule has 8 nitrogen and oxygen atoms in total. The summed E-state index contributed by atoms with van der Waals surface area (Å²) in [6, 6.07) is 8.57. The first kappa shape index (κ1) is 25.4. The molecule has 1 unspecified atom stereocenters. The number of rotatable bonds is 11. The minimum atomic E-state index is -1.35. The van der Waals surface area contributed by atoms with Crippen molar-refractivity contribution in [3.63, 3.8) is 0 Å². The Hall–Kier alpha value is -2.88. The van der Waals surface area contributed by atoms with Gasteiger partial charge < -0.3 is 28.2 Å². The largest absolute Gasteiger partial charge is 0.612 e. The molecule has 2 aromatic carbocycles. The summed E-state index contributed by atoms with van der Waals surface area (Å²) >= 11 is -1.35. The number of ether oxygens (including phenoxy) is 5. The van der Waals surface area contributed by atoms with Gasteiger partial charge in [-0.1, -0.05) is 6.07 Å². The average Bonchev–Trinajstić information content (AvgIpc) is 2.76. The Bertz CT molecular complexity index is 921. The van der Waals surface area contributed by atoms with E-state index in [2.05, 4.69) is 0 Å². The Kier molecular flexibility index (Phi) is 9.70. The summed E-state index contributed by atoms with van der Waals surface area (Å²) in [6.45, 7) is 0.133. The van der Waals surface area contributed by atoms with Crippen molar-refractivity contribution in [1.82, 2.24) is 4.90 Å². The molecule has 1 atom stereocenters. The van der Waals surface area contributed by atoms with Crippen LogP contribution in [0.5, 0.6) is 28.7 Å². The lowest BCUT2D eigenvalue weighted by Gasteiger charge is -2.14. The van der Waals surface area contributed by atoms with Crippen molar-refractivity contribution in [3.8, 4) is 28.7 Å². The minimum absolute atomic E-state index is 0.133. The number of hydrogen-bond donors (Lipinski definition) is 0. The molecule has 174 valence electrons. The predicted octanol–water partition coefficient (Wildman–Crippen LogP) is 3.11. The van der Waals surface area contributed by atoms with Gasteiger partial charge in [0.1, 0.15) is 28.4 Å². The fourth-order valence-corrected chi connectivity index (χ4v) is 3.75. The Morgan fingerprint density at radius 2 is 1.56 bits per heavy atom. The first-order chi connectivity index (χ1) is 15.3. The molecule has 2 rings (SSSR count). The molecule has 0 fully saturated rings. The molecule has 0 spiro atoms. The number of carbonyl (C=O) groups is 1. The second kappa shape index (κ2) is 12.2. The van der Waals surface area contributed by atoms with Crippen molar-refractivity contribution in [2.75, 3.05) is 49.1 Å². The zero-order valence-corrected chi connectivity index (χ0v) is 20.0. The van der Waals surface area contributed by atoms with Crippen molar-refractivity contribution in [1.29, 1.82) is 0 Å². The Labute approximate surface area is 191 Å². The molecule has 0 amide bonds. The zero-order chi connectivity index (χ0) is 23.7. The SMILES string of the molecule is COc1cc(OC)c(/C=C/[S+]([O-])Cc2ccc(OC)c(OC(=O)CN(C)C)c2)c(OC)c1. The summed E-state index contributed by atoms with van der Waals surface area (Å²) in [6.07, 6.45) is 1.69. The number of methoxy groups -OCH3 is 4. The lowest BCUT2D eigenvalue weighted by molar-refractivity contribution is -0.135. The third kappa shape index (κ3) is 7.08. The van der Waals surface area contributed by atoms with Gasteiger partial charge in [0.15, 0.2) is 11.5 Å². The number of hydrogen-bond acceptors (Lipinski definition) is 8. The average molecular weight is 464 g/mol. The molecule has 2 aromatic rings. The Morgan fingerprint density at radius 3 is 2.09 bits per heavy atom. The van der Waals surface area contributed by atoms with Crippen LogP contribution in [0.1, 0.15) is 11.1 Å². The molecule has 9 heteroatoms. The topological polar surface area (TPSA) is 89.5 Å². The van der Waals surface area contributed by atoms with Crippen LogP contribution >= 0.6 is 0 Å². The van der Waals surface area contributed by atoms with Crippen LogP contribution in [0.3, 0.4) is 0 Å². The lowest BCUT2D eigenvalue weighted by Crippen LogP contribution is -2.25. The monoisotopic (exact) mass is 463 g/mol. The highest BCUT2D eigenvalue weighted by atomic mass is 32.2. The van der Waals surface area contributed by atoms with Gasteiger partial charge >= 0.3 is 5.97 Å². The number of nitrogens with zero attached hydrogens (tertiary/aromatic N) is 1. The highest BCUT2D eigenvalue weighted by Crippen LogP contribution is 2.35. The molecule has 0 heterocycles. The molecule has 0 aliphatic carbocycles. The fraction of sp³-hybridized carbons (Fsp3) is 0.348. The van der Waals surface area contributed by atoms with Crippen LogP contribution in [-0.2, 0) is 21.7 Å². The Balaban J connectivity index is 2.19. The molecule has 0 radical (unpaired) electrons. The van der Waals surface area contributed by atoms with E-state index in [1.165, 1.54) is 7.11 Å². The van der Waals surface area contributed by atoms with Crippen molar-refractivity contribution in [2.24, 2.45) is 0 Å². The maximum atomic E-state index is 12.7. The maximum Gasteiger partial charge on any atom is 0.325 e. The molecule has 0 saturated heterocycles. The van der Waals surface area contributed by atoms with Crippen molar-refractivity contribution in [3.05, 3.63) is 46.9 Å². The van der Waals surface area contributed by atoms with E-state index in [1.54, 1.807) is 82.1 Å².